The van der Waals surface area contributed by atoms with Crippen molar-refractivity contribution < 1.29 is 31.1 Å². The Bertz CT molecular complexity index is 1530. The Morgan fingerprint density at radius 3 is 2.77 bits per heavy atom. The van der Waals surface area contributed by atoms with E-state index in [1.807, 2.05) is 0 Å². The maximum absolute atomic E-state index is 13.5. The van der Waals surface area contributed by atoms with Gasteiger partial charge < -0.3 is 15.4 Å². The zero-order chi connectivity index (χ0) is 28.2. The van der Waals surface area contributed by atoms with E-state index >= 15 is 0 Å². The number of aryl methyl sites for hydroxylation is 2. The molecular weight excluding hydrogens is 573 g/mol. The molecule has 0 bridgehead atoms. The van der Waals surface area contributed by atoms with E-state index in [-0.39, 0.29) is 28.2 Å². The normalized spacial score (nSPS) is 22.3. The molecule has 3 aliphatic rings. The number of thiophene rings is 1. The number of ether oxygens (including phenoxy) is 1. The number of alkyl halides is 3. The van der Waals surface area contributed by atoms with E-state index in [4.69, 9.17) is 0 Å². The van der Waals surface area contributed by atoms with E-state index in [0.29, 0.717) is 49.1 Å². The molecule has 216 valence electrons. The van der Waals surface area contributed by atoms with Crippen LogP contribution in [0.3, 0.4) is 0 Å². The van der Waals surface area contributed by atoms with Crippen LogP contribution in [0.25, 0.3) is 0 Å². The van der Waals surface area contributed by atoms with E-state index in [1.165, 1.54) is 28.4 Å². The van der Waals surface area contributed by atoms with Gasteiger partial charge in [0.1, 0.15) is 28.2 Å². The van der Waals surface area contributed by atoms with Gasteiger partial charge in [0, 0.05) is 30.6 Å². The summed E-state index contributed by atoms with van der Waals surface area (Å²) in [6, 6.07) is 1.06. The number of nitrogens with one attached hydrogen (secondary N) is 3. The van der Waals surface area contributed by atoms with Gasteiger partial charge >= 0.3 is 6.61 Å². The lowest BCUT2D eigenvalue weighted by molar-refractivity contribution is -0.117. The van der Waals surface area contributed by atoms with Crippen molar-refractivity contribution >= 4 is 44.0 Å². The quantitative estimate of drug-likeness (QED) is 0.305. The molecule has 3 heterocycles. The van der Waals surface area contributed by atoms with Crippen LogP contribution in [0.4, 0.5) is 29.9 Å². The van der Waals surface area contributed by atoms with Gasteiger partial charge in [-0.25, -0.2) is 22.2 Å². The SMILES string of the molecule is Cn1nc(OC(F)F)cc1Nc1nncn1[C@H]1CCc2sc(NC(=O)[C@H]3C[C@@H]3F)c(S(=O)(=O)NCC3CC3)c2C1. The summed E-state index contributed by atoms with van der Waals surface area (Å²) in [5, 5.41) is 17.9. The zero-order valence-corrected chi connectivity index (χ0v) is 22.9. The maximum Gasteiger partial charge on any atom is 0.388 e. The van der Waals surface area contributed by atoms with Crippen molar-refractivity contribution in [3.63, 3.8) is 0 Å². The highest BCUT2D eigenvalue weighted by Crippen LogP contribution is 2.45. The predicted molar refractivity (Wildman–Crippen MR) is 138 cm³/mol. The number of halogens is 3. The summed E-state index contributed by atoms with van der Waals surface area (Å²) in [7, 11) is -2.41. The average molecular weight is 601 g/mol. The standard InChI is InChI=1S/C23H27F3N8O4S2/c1-33-17(8-18(32-33)38-22(25)26)29-23-31-27-10-34(23)12-4-5-16-14(6-12)19(40(36,37)28-9-11-2-3-11)21(39-16)30-20(35)13-7-15(13)24/h8,10-13,15,22,28H,2-7,9H2,1H3,(H,29,31)(H,30,35)/t12-,13-,15-/m0/s1. The fourth-order valence-corrected chi connectivity index (χ4v) is 7.91. The number of amides is 1. The van der Waals surface area contributed by atoms with Crippen molar-refractivity contribution in [3.05, 3.63) is 22.8 Å². The first-order valence-electron chi connectivity index (χ1n) is 12.8. The Balaban J connectivity index is 1.27. The van der Waals surface area contributed by atoms with Crippen LogP contribution in [0.15, 0.2) is 17.3 Å². The van der Waals surface area contributed by atoms with E-state index < -0.39 is 34.6 Å². The van der Waals surface area contributed by atoms with Crippen LogP contribution < -0.4 is 20.1 Å². The molecule has 40 heavy (non-hydrogen) atoms. The Morgan fingerprint density at radius 2 is 2.08 bits per heavy atom. The van der Waals surface area contributed by atoms with Gasteiger partial charge in [-0.15, -0.1) is 26.6 Å². The van der Waals surface area contributed by atoms with E-state index in [1.54, 1.807) is 11.6 Å². The van der Waals surface area contributed by atoms with Crippen molar-refractivity contribution in [3.8, 4) is 5.88 Å². The molecule has 3 aromatic heterocycles. The van der Waals surface area contributed by atoms with Gasteiger partial charge in [-0.2, -0.15) is 8.78 Å². The number of fused-ring (bicyclic) bond motifs is 1. The first-order chi connectivity index (χ1) is 19.1. The second kappa shape index (κ2) is 10.3. The van der Waals surface area contributed by atoms with Crippen LogP contribution in [0.2, 0.25) is 0 Å². The second-order valence-corrected chi connectivity index (χ2v) is 13.1. The van der Waals surface area contributed by atoms with Crippen LogP contribution in [0.5, 0.6) is 5.88 Å². The summed E-state index contributed by atoms with van der Waals surface area (Å²) in [6.07, 6.45) is 3.85. The van der Waals surface area contributed by atoms with Crippen molar-refractivity contribution in [2.75, 3.05) is 17.2 Å². The molecule has 0 radical (unpaired) electrons. The van der Waals surface area contributed by atoms with Gasteiger partial charge in [0.05, 0.1) is 5.92 Å². The number of hydrogen-bond donors (Lipinski definition) is 3. The van der Waals surface area contributed by atoms with Crippen LogP contribution >= 0.6 is 11.3 Å². The van der Waals surface area contributed by atoms with Gasteiger partial charge in [0.2, 0.25) is 27.8 Å². The molecule has 0 spiro atoms. The van der Waals surface area contributed by atoms with E-state index in [9.17, 15) is 26.4 Å². The fraction of sp³-hybridized carbons (Fsp3) is 0.565. The summed E-state index contributed by atoms with van der Waals surface area (Å²) < 4.78 is 75.9. The van der Waals surface area contributed by atoms with Gasteiger partial charge in [-0.05, 0) is 50.0 Å². The Hall–Kier alpha value is -3.18. The minimum atomic E-state index is -3.96. The Morgan fingerprint density at radius 1 is 1.30 bits per heavy atom. The Kier molecular flexibility index (Phi) is 6.98. The topological polar surface area (TPSA) is 145 Å². The molecule has 0 aromatic carbocycles. The monoisotopic (exact) mass is 600 g/mol. The number of carbonyl (C=O) groups is 1. The number of hydrogen-bond acceptors (Lipinski definition) is 9. The van der Waals surface area contributed by atoms with Crippen molar-refractivity contribution in [1.29, 1.82) is 0 Å². The smallest absolute Gasteiger partial charge is 0.388 e. The summed E-state index contributed by atoms with van der Waals surface area (Å²) in [5.74, 6) is -0.592. The number of aromatic nitrogens is 5. The lowest BCUT2D eigenvalue weighted by Gasteiger charge is -2.25. The van der Waals surface area contributed by atoms with Crippen molar-refractivity contribution in [1.82, 2.24) is 29.3 Å². The van der Waals surface area contributed by atoms with Gasteiger partial charge in [0.15, 0.2) is 0 Å². The number of anilines is 3. The Labute approximate surface area is 231 Å². The van der Waals surface area contributed by atoms with Crippen molar-refractivity contribution in [2.24, 2.45) is 18.9 Å². The highest BCUT2D eigenvalue weighted by atomic mass is 32.2. The third kappa shape index (κ3) is 5.54. The minimum absolute atomic E-state index is 0.0327. The molecule has 3 atom stereocenters. The van der Waals surface area contributed by atoms with Gasteiger partial charge in [0.25, 0.3) is 0 Å². The number of nitrogens with zero attached hydrogens (tertiary/aromatic N) is 5. The lowest BCUT2D eigenvalue weighted by atomic mass is 9.94. The molecule has 3 N–H and O–H groups in total. The number of sulfonamides is 1. The molecule has 2 saturated carbocycles. The highest BCUT2D eigenvalue weighted by molar-refractivity contribution is 7.90. The summed E-state index contributed by atoms with van der Waals surface area (Å²) in [6.45, 7) is -2.70. The molecular formula is C23H27F3N8O4S2. The zero-order valence-electron chi connectivity index (χ0n) is 21.3. The van der Waals surface area contributed by atoms with Crippen LogP contribution in [-0.2, 0) is 34.7 Å². The first-order valence-corrected chi connectivity index (χ1v) is 15.1. The van der Waals surface area contributed by atoms with Gasteiger partial charge in [-0.3, -0.25) is 9.36 Å². The molecule has 3 aromatic rings. The number of carbonyl (C=O) groups excluding carboxylic acids is 1. The van der Waals surface area contributed by atoms with Crippen LogP contribution in [0, 0.1) is 11.8 Å². The van der Waals surface area contributed by atoms with E-state index in [0.717, 1.165) is 17.7 Å². The largest absolute Gasteiger partial charge is 0.415 e. The molecule has 1 amide bonds. The third-order valence-electron chi connectivity index (χ3n) is 7.27. The molecule has 17 heteroatoms. The van der Waals surface area contributed by atoms with Crippen LogP contribution in [-0.4, -0.2) is 58.2 Å². The molecule has 12 nitrogen and oxygen atoms in total. The molecule has 0 saturated heterocycles. The summed E-state index contributed by atoms with van der Waals surface area (Å²) in [4.78, 5) is 13.4. The van der Waals surface area contributed by atoms with Crippen LogP contribution in [0.1, 0.15) is 42.2 Å². The van der Waals surface area contributed by atoms with Gasteiger partial charge in [-0.1, -0.05) is 0 Å². The minimum Gasteiger partial charge on any atom is -0.415 e. The molecule has 2 fully saturated rings. The first kappa shape index (κ1) is 27.0. The second-order valence-electron chi connectivity index (χ2n) is 10.3. The predicted octanol–water partition coefficient (Wildman–Crippen LogP) is 3.13. The lowest BCUT2D eigenvalue weighted by Crippen LogP contribution is -2.29. The number of rotatable bonds is 11. The summed E-state index contributed by atoms with van der Waals surface area (Å²) in [5.41, 5.74) is 0.597. The molecule has 3 aliphatic carbocycles. The van der Waals surface area contributed by atoms with E-state index in [2.05, 4.69) is 35.4 Å². The summed E-state index contributed by atoms with van der Waals surface area (Å²) >= 11 is 1.21. The molecule has 0 aliphatic heterocycles. The fourth-order valence-electron chi connectivity index (χ4n) is 4.82. The molecule has 0 unspecified atom stereocenters. The maximum atomic E-state index is 13.5. The third-order valence-corrected chi connectivity index (χ3v) is 10.1. The highest BCUT2D eigenvalue weighted by Gasteiger charge is 2.45. The van der Waals surface area contributed by atoms with Crippen molar-refractivity contribution in [2.45, 2.75) is 62.2 Å². The average Bonchev–Trinajstić information content (AvgIpc) is 3.73. The molecule has 6 rings (SSSR count).